The van der Waals surface area contributed by atoms with Crippen LogP contribution >= 0.6 is 11.8 Å². The van der Waals surface area contributed by atoms with Gasteiger partial charge in [0, 0.05) is 19.8 Å². The molecule has 1 unspecified atom stereocenters. The number of aromatic nitrogens is 2. The summed E-state index contributed by atoms with van der Waals surface area (Å²) in [4.78, 5) is 57.4. The Morgan fingerprint density at radius 2 is 2.17 bits per heavy atom. The Morgan fingerprint density at radius 3 is 2.65 bits per heavy atom. The van der Waals surface area contributed by atoms with Crippen LogP contribution in [0.15, 0.2) is 16.1 Å². The zero-order valence-electron chi connectivity index (χ0n) is 13.2. The molecule has 0 saturated carbocycles. The maximum atomic E-state index is 12.7. The number of carbonyl (C=O) groups excluding carboxylic acids is 3. The molecule has 124 valence electrons. The van der Waals surface area contributed by atoms with Gasteiger partial charge in [-0.3, -0.25) is 24.1 Å². The van der Waals surface area contributed by atoms with Crippen LogP contribution in [-0.4, -0.2) is 63.4 Å². The molecule has 0 aliphatic carbocycles. The fraction of sp³-hybridized carbons (Fsp3) is 0.500. The van der Waals surface area contributed by atoms with Gasteiger partial charge < -0.3 is 9.88 Å². The van der Waals surface area contributed by atoms with Gasteiger partial charge in [-0.05, 0) is 12.7 Å². The fourth-order valence-corrected chi connectivity index (χ4v) is 2.76. The van der Waals surface area contributed by atoms with Gasteiger partial charge in [0.15, 0.2) is 5.16 Å². The van der Waals surface area contributed by atoms with Gasteiger partial charge in [-0.15, -0.1) is 0 Å². The molecule has 1 N–H and O–H groups in total. The Bertz CT molecular complexity index is 702. The summed E-state index contributed by atoms with van der Waals surface area (Å²) in [5.74, 6) is -1.35. The lowest BCUT2D eigenvalue weighted by Crippen LogP contribution is -2.46. The zero-order valence-corrected chi connectivity index (χ0v) is 14.0. The second kappa shape index (κ2) is 6.95. The molecule has 8 nitrogen and oxygen atoms in total. The number of hydrogen-bond acceptors (Lipinski definition) is 6. The van der Waals surface area contributed by atoms with Gasteiger partial charge in [0.25, 0.3) is 17.4 Å². The van der Waals surface area contributed by atoms with Gasteiger partial charge >= 0.3 is 0 Å². The van der Waals surface area contributed by atoms with Crippen molar-refractivity contribution in [2.75, 3.05) is 19.8 Å². The van der Waals surface area contributed by atoms with Crippen LogP contribution in [0.25, 0.3) is 0 Å². The molecule has 0 spiro atoms. The minimum absolute atomic E-state index is 0.0602. The lowest BCUT2D eigenvalue weighted by Gasteiger charge is -2.26. The number of H-pyrrole nitrogens is 1. The minimum Gasteiger partial charge on any atom is -0.326 e. The highest BCUT2D eigenvalue weighted by Gasteiger charge is 2.42. The second-order valence-electron chi connectivity index (χ2n) is 5.14. The van der Waals surface area contributed by atoms with Crippen LogP contribution in [0.5, 0.6) is 0 Å². The molecule has 2 heterocycles. The van der Waals surface area contributed by atoms with Crippen molar-refractivity contribution >= 4 is 29.5 Å². The van der Waals surface area contributed by atoms with Gasteiger partial charge in [0.2, 0.25) is 5.91 Å². The van der Waals surface area contributed by atoms with E-state index in [0.717, 1.165) is 4.90 Å². The van der Waals surface area contributed by atoms with Crippen LogP contribution in [0.4, 0.5) is 0 Å². The number of hydrogen-bond donors (Lipinski definition) is 1. The molecular formula is C14H18N4O4S. The Balaban J connectivity index is 2.34. The lowest BCUT2D eigenvalue weighted by molar-refractivity contribution is -0.137. The maximum Gasteiger partial charge on any atom is 0.264 e. The van der Waals surface area contributed by atoms with E-state index in [0.29, 0.717) is 11.6 Å². The average molecular weight is 338 g/mol. The Labute approximate surface area is 137 Å². The predicted molar refractivity (Wildman–Crippen MR) is 84.1 cm³/mol. The summed E-state index contributed by atoms with van der Waals surface area (Å²) in [5, 5.41) is 0.403. The Hall–Kier alpha value is -2.16. The van der Waals surface area contributed by atoms with E-state index >= 15 is 0 Å². The monoisotopic (exact) mass is 338 g/mol. The average Bonchev–Trinajstić information content (AvgIpc) is 2.79. The van der Waals surface area contributed by atoms with Crippen molar-refractivity contribution in [3.05, 3.63) is 22.1 Å². The number of aromatic amines is 1. The molecule has 1 aromatic rings. The largest absolute Gasteiger partial charge is 0.326 e. The minimum atomic E-state index is -0.862. The number of imide groups is 1. The van der Waals surface area contributed by atoms with E-state index in [-0.39, 0.29) is 24.4 Å². The molecule has 1 aromatic heterocycles. The van der Waals surface area contributed by atoms with Crippen LogP contribution in [0.3, 0.4) is 0 Å². The van der Waals surface area contributed by atoms with Crippen molar-refractivity contribution in [3.63, 3.8) is 0 Å². The van der Waals surface area contributed by atoms with E-state index in [4.69, 9.17) is 0 Å². The number of thioether (sulfide) groups is 1. The van der Waals surface area contributed by atoms with Crippen LogP contribution in [0, 0.1) is 0 Å². The van der Waals surface area contributed by atoms with E-state index in [2.05, 4.69) is 9.97 Å². The van der Waals surface area contributed by atoms with Gasteiger partial charge in [-0.2, -0.15) is 0 Å². The summed E-state index contributed by atoms with van der Waals surface area (Å²) >= 11 is 1.25. The molecule has 0 aromatic carbocycles. The third kappa shape index (κ3) is 3.29. The van der Waals surface area contributed by atoms with Gasteiger partial charge in [-0.1, -0.05) is 18.7 Å². The highest BCUT2D eigenvalue weighted by atomic mass is 32.2. The summed E-state index contributed by atoms with van der Waals surface area (Å²) in [6.45, 7) is 2.13. The predicted octanol–water partition coefficient (Wildman–Crippen LogP) is 0.101. The summed E-state index contributed by atoms with van der Waals surface area (Å²) in [6, 6.07) is -0.862. The van der Waals surface area contributed by atoms with Gasteiger partial charge in [-0.25, -0.2) is 4.98 Å². The van der Waals surface area contributed by atoms with E-state index in [1.54, 1.807) is 6.26 Å². The SMILES string of the molecule is CCCN(C(=O)c1cnc(SC)[nH]c1=O)C1CC(=O)N(C)C1=O. The second-order valence-corrected chi connectivity index (χ2v) is 5.94. The van der Waals surface area contributed by atoms with Crippen molar-refractivity contribution in [1.82, 2.24) is 19.8 Å². The van der Waals surface area contributed by atoms with Crippen LogP contribution in [0.2, 0.25) is 0 Å². The molecule has 0 bridgehead atoms. The topological polar surface area (TPSA) is 103 Å². The van der Waals surface area contributed by atoms with Crippen LogP contribution in [0.1, 0.15) is 30.1 Å². The molecule has 9 heteroatoms. The summed E-state index contributed by atoms with van der Waals surface area (Å²) in [6.07, 6.45) is 3.50. The number of rotatable bonds is 5. The first kappa shape index (κ1) is 17.2. The number of carbonyl (C=O) groups is 3. The highest BCUT2D eigenvalue weighted by Crippen LogP contribution is 2.19. The smallest absolute Gasteiger partial charge is 0.264 e. The van der Waals surface area contributed by atoms with Crippen molar-refractivity contribution < 1.29 is 14.4 Å². The van der Waals surface area contributed by atoms with Crippen molar-refractivity contribution in [1.29, 1.82) is 0 Å². The third-order valence-corrected chi connectivity index (χ3v) is 4.25. The molecule has 1 fully saturated rings. The molecule has 1 aliphatic heterocycles. The van der Waals surface area contributed by atoms with Crippen molar-refractivity contribution in [3.8, 4) is 0 Å². The molecule has 1 atom stereocenters. The first-order valence-electron chi connectivity index (χ1n) is 7.15. The zero-order chi connectivity index (χ0) is 17.1. The number of nitrogens with zero attached hydrogens (tertiary/aromatic N) is 3. The summed E-state index contributed by atoms with van der Waals surface area (Å²) < 4.78 is 0. The molecule has 2 rings (SSSR count). The molecule has 1 saturated heterocycles. The quantitative estimate of drug-likeness (QED) is 0.464. The van der Waals surface area contributed by atoms with Crippen LogP contribution in [-0.2, 0) is 9.59 Å². The molecule has 23 heavy (non-hydrogen) atoms. The Kier molecular flexibility index (Phi) is 5.19. The summed E-state index contributed by atoms with van der Waals surface area (Å²) in [7, 11) is 1.39. The number of likely N-dealkylation sites (N-methyl/N-ethyl adjacent to an activating group) is 1. The first-order valence-corrected chi connectivity index (χ1v) is 8.37. The van der Waals surface area contributed by atoms with E-state index in [9.17, 15) is 19.2 Å². The first-order chi connectivity index (χ1) is 10.9. The number of nitrogens with one attached hydrogen (secondary N) is 1. The lowest BCUT2D eigenvalue weighted by atomic mass is 10.1. The van der Waals surface area contributed by atoms with Crippen molar-refractivity contribution in [2.45, 2.75) is 31.0 Å². The maximum absolute atomic E-state index is 12.7. The normalized spacial score (nSPS) is 17.7. The molecular weight excluding hydrogens is 320 g/mol. The van der Waals surface area contributed by atoms with E-state index in [1.807, 2.05) is 6.92 Å². The fourth-order valence-electron chi connectivity index (χ4n) is 2.41. The standard InChI is InChI=1S/C14H18N4O4S/c1-4-5-18(9-6-10(19)17(2)13(9)22)12(21)8-7-15-14(23-3)16-11(8)20/h7,9H,4-6H2,1-3H3,(H,15,16,20). The molecule has 3 amide bonds. The van der Waals surface area contributed by atoms with E-state index in [1.165, 1.54) is 29.9 Å². The molecule has 1 aliphatic rings. The van der Waals surface area contributed by atoms with Gasteiger partial charge in [0.1, 0.15) is 11.6 Å². The van der Waals surface area contributed by atoms with E-state index < -0.39 is 23.4 Å². The van der Waals surface area contributed by atoms with Gasteiger partial charge in [0.05, 0.1) is 6.42 Å². The number of amides is 3. The highest BCUT2D eigenvalue weighted by molar-refractivity contribution is 7.98. The summed E-state index contributed by atoms with van der Waals surface area (Å²) in [5.41, 5.74) is -0.688. The Morgan fingerprint density at radius 1 is 1.48 bits per heavy atom. The van der Waals surface area contributed by atoms with Crippen LogP contribution < -0.4 is 5.56 Å². The number of likely N-dealkylation sites (tertiary alicyclic amines) is 1. The van der Waals surface area contributed by atoms with Crippen molar-refractivity contribution in [2.24, 2.45) is 0 Å². The molecule has 0 radical (unpaired) electrons. The third-order valence-electron chi connectivity index (χ3n) is 3.66.